The number of halogens is 1. The van der Waals surface area contributed by atoms with Crippen molar-refractivity contribution < 1.29 is 18.7 Å². The van der Waals surface area contributed by atoms with E-state index < -0.39 is 12.0 Å². The Morgan fingerprint density at radius 1 is 1.25 bits per heavy atom. The van der Waals surface area contributed by atoms with Gasteiger partial charge in [-0.15, -0.1) is 0 Å². The number of fused-ring (bicyclic) bond motifs is 1. The number of hydrogen-bond acceptors (Lipinski definition) is 7. The van der Waals surface area contributed by atoms with Crippen LogP contribution in [0.4, 0.5) is 4.39 Å². The van der Waals surface area contributed by atoms with Crippen LogP contribution in [0.3, 0.4) is 0 Å². The standard InChI is InChI=1S/C23H27FN4O3S/c1-4-18-20(22(30)31-3)21(15-6-5-7-16(24)12-15)28-17(14-32-23(28)25-18)13-19(29)27-10-8-26(2)9-11-27/h5-7,12,14,21H,4,8-11,13H2,1-3H3. The van der Waals surface area contributed by atoms with E-state index in [2.05, 4.69) is 4.90 Å². The number of methoxy groups -OCH3 is 1. The van der Waals surface area contributed by atoms with E-state index in [-0.39, 0.29) is 18.1 Å². The van der Waals surface area contributed by atoms with Gasteiger partial charge in [-0.25, -0.2) is 14.2 Å². The molecule has 1 aromatic rings. The number of amides is 1. The number of rotatable bonds is 5. The van der Waals surface area contributed by atoms with Crippen molar-refractivity contribution >= 4 is 28.8 Å². The Balaban J connectivity index is 1.69. The van der Waals surface area contributed by atoms with Crippen LogP contribution in [0.25, 0.3) is 0 Å². The molecular formula is C23H27FN4O3S. The fraction of sp³-hybridized carbons (Fsp3) is 0.435. The van der Waals surface area contributed by atoms with Crippen molar-refractivity contribution in [3.05, 3.63) is 58.0 Å². The number of amidine groups is 1. The maximum Gasteiger partial charge on any atom is 0.338 e. The summed E-state index contributed by atoms with van der Waals surface area (Å²) in [5.74, 6) is -0.852. The number of carbonyl (C=O) groups is 2. The van der Waals surface area contributed by atoms with E-state index in [9.17, 15) is 14.0 Å². The van der Waals surface area contributed by atoms with E-state index in [1.807, 2.05) is 29.2 Å². The number of carbonyl (C=O) groups excluding carboxylic acids is 2. The average molecular weight is 459 g/mol. The maximum absolute atomic E-state index is 14.2. The van der Waals surface area contributed by atoms with Crippen LogP contribution in [0, 0.1) is 5.82 Å². The molecule has 0 saturated carbocycles. The van der Waals surface area contributed by atoms with Gasteiger partial charge in [0.15, 0.2) is 5.17 Å². The van der Waals surface area contributed by atoms with Gasteiger partial charge in [0.2, 0.25) is 5.91 Å². The lowest BCUT2D eigenvalue weighted by atomic mass is 9.92. The fourth-order valence-corrected chi connectivity index (χ4v) is 5.16. The molecule has 0 aromatic heterocycles. The molecule has 4 rings (SSSR count). The molecule has 32 heavy (non-hydrogen) atoms. The summed E-state index contributed by atoms with van der Waals surface area (Å²) in [5.41, 5.74) is 2.36. The van der Waals surface area contributed by atoms with Crippen molar-refractivity contribution in [2.24, 2.45) is 4.99 Å². The van der Waals surface area contributed by atoms with Gasteiger partial charge in [0.1, 0.15) is 5.82 Å². The van der Waals surface area contributed by atoms with Crippen LogP contribution in [-0.2, 0) is 14.3 Å². The Hall–Kier alpha value is -2.65. The molecule has 1 aromatic carbocycles. The molecule has 3 aliphatic heterocycles. The van der Waals surface area contributed by atoms with Gasteiger partial charge >= 0.3 is 5.97 Å². The second kappa shape index (κ2) is 9.46. The Morgan fingerprint density at radius 3 is 2.66 bits per heavy atom. The maximum atomic E-state index is 14.2. The second-order valence-electron chi connectivity index (χ2n) is 8.02. The lowest BCUT2D eigenvalue weighted by molar-refractivity contribution is -0.136. The summed E-state index contributed by atoms with van der Waals surface area (Å²) in [6, 6.07) is 5.60. The highest BCUT2D eigenvalue weighted by Gasteiger charge is 2.42. The minimum Gasteiger partial charge on any atom is -0.466 e. The largest absolute Gasteiger partial charge is 0.466 e. The van der Waals surface area contributed by atoms with Gasteiger partial charge in [0.05, 0.1) is 30.8 Å². The molecule has 1 fully saturated rings. The van der Waals surface area contributed by atoms with Crippen LogP contribution in [0.2, 0.25) is 0 Å². The minimum atomic E-state index is -0.609. The number of likely N-dealkylation sites (N-methyl/N-ethyl adjacent to an activating group) is 1. The van der Waals surface area contributed by atoms with Crippen LogP contribution in [0.15, 0.2) is 51.6 Å². The third-order valence-electron chi connectivity index (χ3n) is 5.98. The first-order chi connectivity index (χ1) is 15.4. The Bertz CT molecular complexity index is 1010. The highest BCUT2D eigenvalue weighted by molar-refractivity contribution is 8.16. The minimum absolute atomic E-state index is 0.0362. The number of benzene rings is 1. The summed E-state index contributed by atoms with van der Waals surface area (Å²) in [6.45, 7) is 4.99. The zero-order valence-corrected chi connectivity index (χ0v) is 19.3. The van der Waals surface area contributed by atoms with E-state index in [4.69, 9.17) is 9.73 Å². The van der Waals surface area contributed by atoms with Gasteiger partial charge in [0, 0.05) is 31.9 Å². The molecule has 9 heteroatoms. The number of hydrogen-bond donors (Lipinski definition) is 0. The number of nitrogens with zero attached hydrogens (tertiary/aromatic N) is 4. The zero-order valence-electron chi connectivity index (χ0n) is 18.5. The van der Waals surface area contributed by atoms with E-state index >= 15 is 0 Å². The van der Waals surface area contributed by atoms with Gasteiger partial charge in [-0.2, -0.15) is 0 Å². The molecular weight excluding hydrogens is 431 g/mol. The van der Waals surface area contributed by atoms with Crippen molar-refractivity contribution in [2.75, 3.05) is 40.3 Å². The normalized spacial score (nSPS) is 21.3. The SMILES string of the molecule is CCC1=C(C(=O)OC)C(c2cccc(F)c2)N2C(CC(=O)N3CCN(C)CC3)=CSC2=N1. The highest BCUT2D eigenvalue weighted by atomic mass is 32.2. The van der Waals surface area contributed by atoms with E-state index in [0.717, 1.165) is 18.8 Å². The fourth-order valence-electron chi connectivity index (χ4n) is 4.23. The second-order valence-corrected chi connectivity index (χ2v) is 8.85. The smallest absolute Gasteiger partial charge is 0.338 e. The summed E-state index contributed by atoms with van der Waals surface area (Å²) in [5, 5.41) is 2.59. The van der Waals surface area contributed by atoms with Crippen molar-refractivity contribution in [3.63, 3.8) is 0 Å². The zero-order chi connectivity index (χ0) is 22.8. The molecule has 0 N–H and O–H groups in total. The summed E-state index contributed by atoms with van der Waals surface area (Å²) in [4.78, 5) is 36.5. The quantitative estimate of drug-likeness (QED) is 0.632. The van der Waals surface area contributed by atoms with Crippen molar-refractivity contribution in [2.45, 2.75) is 25.8 Å². The van der Waals surface area contributed by atoms with Crippen LogP contribution >= 0.6 is 11.8 Å². The first kappa shape index (κ1) is 22.5. The number of aliphatic imine (C=N–C) groups is 1. The molecule has 0 bridgehead atoms. The molecule has 0 spiro atoms. The molecule has 0 aliphatic carbocycles. The van der Waals surface area contributed by atoms with E-state index in [1.54, 1.807) is 12.1 Å². The number of thioether (sulfide) groups is 1. The van der Waals surface area contributed by atoms with Gasteiger partial charge in [0.25, 0.3) is 0 Å². The number of piperazine rings is 1. The first-order valence-corrected chi connectivity index (χ1v) is 11.6. The molecule has 7 nitrogen and oxygen atoms in total. The summed E-state index contributed by atoms with van der Waals surface area (Å²) >= 11 is 1.42. The predicted octanol–water partition coefficient (Wildman–Crippen LogP) is 3.13. The van der Waals surface area contributed by atoms with Gasteiger partial charge in [-0.3, -0.25) is 4.79 Å². The average Bonchev–Trinajstić information content (AvgIpc) is 3.19. The van der Waals surface area contributed by atoms with E-state index in [1.165, 1.54) is 31.0 Å². The molecule has 1 atom stereocenters. The third-order valence-corrected chi connectivity index (χ3v) is 6.87. The summed E-state index contributed by atoms with van der Waals surface area (Å²) in [7, 11) is 3.38. The lowest BCUT2D eigenvalue weighted by Crippen LogP contribution is -2.47. The molecule has 1 amide bonds. The highest BCUT2D eigenvalue weighted by Crippen LogP contribution is 2.45. The van der Waals surface area contributed by atoms with Gasteiger partial charge < -0.3 is 19.4 Å². The predicted molar refractivity (Wildman–Crippen MR) is 122 cm³/mol. The Kier molecular flexibility index (Phi) is 6.66. The molecule has 1 saturated heterocycles. The van der Waals surface area contributed by atoms with Crippen LogP contribution < -0.4 is 0 Å². The summed E-state index contributed by atoms with van der Waals surface area (Å²) in [6.07, 6.45) is 0.723. The van der Waals surface area contributed by atoms with Crippen LogP contribution in [0.5, 0.6) is 0 Å². The summed E-state index contributed by atoms with van der Waals surface area (Å²) < 4.78 is 19.3. The van der Waals surface area contributed by atoms with Crippen molar-refractivity contribution in [1.82, 2.24) is 14.7 Å². The Morgan fingerprint density at radius 2 is 2.00 bits per heavy atom. The topological polar surface area (TPSA) is 65.5 Å². The van der Waals surface area contributed by atoms with Crippen molar-refractivity contribution in [3.8, 4) is 0 Å². The number of ether oxygens (including phenoxy) is 1. The van der Waals surface area contributed by atoms with Crippen LogP contribution in [0.1, 0.15) is 31.4 Å². The molecule has 0 radical (unpaired) electrons. The third kappa shape index (κ3) is 4.31. The lowest BCUT2D eigenvalue weighted by Gasteiger charge is -2.37. The first-order valence-electron chi connectivity index (χ1n) is 10.7. The Labute approximate surface area is 191 Å². The van der Waals surface area contributed by atoms with Gasteiger partial charge in [-0.05, 0) is 36.6 Å². The number of esters is 1. The van der Waals surface area contributed by atoms with Crippen LogP contribution in [-0.4, -0.2) is 72.1 Å². The molecule has 170 valence electrons. The molecule has 1 unspecified atom stereocenters. The molecule has 3 heterocycles. The number of allylic oxidation sites excluding steroid dienone is 1. The monoisotopic (exact) mass is 458 g/mol. The van der Waals surface area contributed by atoms with Gasteiger partial charge in [-0.1, -0.05) is 30.8 Å². The molecule has 3 aliphatic rings. The van der Waals surface area contributed by atoms with Crippen molar-refractivity contribution in [1.29, 1.82) is 0 Å². The van der Waals surface area contributed by atoms with E-state index in [0.29, 0.717) is 41.5 Å².